The zero-order valence-corrected chi connectivity index (χ0v) is 20.3. The van der Waals surface area contributed by atoms with Gasteiger partial charge < -0.3 is 14.0 Å². The Hall–Kier alpha value is -3.80. The van der Waals surface area contributed by atoms with E-state index in [-0.39, 0.29) is 34.8 Å². The number of aromatic nitrogens is 6. The number of rotatable bonds is 7. The van der Waals surface area contributed by atoms with E-state index in [4.69, 9.17) is 21.1 Å². The zero-order valence-electron chi connectivity index (χ0n) is 19.6. The normalized spacial score (nSPS) is 13.6. The summed E-state index contributed by atoms with van der Waals surface area (Å²) in [5, 5.41) is -0.107. The first-order valence-electron chi connectivity index (χ1n) is 11.1. The molecule has 0 aliphatic heterocycles. The first-order valence-corrected chi connectivity index (χ1v) is 11.5. The highest BCUT2D eigenvalue weighted by Crippen LogP contribution is 2.45. The van der Waals surface area contributed by atoms with Crippen molar-refractivity contribution in [2.24, 2.45) is 7.05 Å². The number of hydrogen-bond donors (Lipinski definition) is 0. The van der Waals surface area contributed by atoms with Crippen LogP contribution in [0, 0.1) is 5.82 Å². The van der Waals surface area contributed by atoms with Gasteiger partial charge >= 0.3 is 6.18 Å². The Morgan fingerprint density at radius 2 is 1.89 bits per heavy atom. The number of halogens is 5. The van der Waals surface area contributed by atoms with Crippen LogP contribution < -0.4 is 9.47 Å². The van der Waals surface area contributed by atoms with Gasteiger partial charge in [0, 0.05) is 31.4 Å². The Morgan fingerprint density at radius 1 is 1.11 bits per heavy atom. The maximum absolute atomic E-state index is 15.0. The van der Waals surface area contributed by atoms with Crippen molar-refractivity contribution in [3.8, 4) is 34.5 Å². The van der Waals surface area contributed by atoms with Crippen LogP contribution in [-0.4, -0.2) is 36.6 Å². The van der Waals surface area contributed by atoms with Gasteiger partial charge in [0.1, 0.15) is 30.1 Å². The second kappa shape index (κ2) is 9.58. The fourth-order valence-electron chi connectivity index (χ4n) is 3.87. The predicted octanol–water partition coefficient (Wildman–Crippen LogP) is 5.61. The van der Waals surface area contributed by atoms with Crippen LogP contribution in [0.1, 0.15) is 35.7 Å². The van der Waals surface area contributed by atoms with Crippen LogP contribution in [0.5, 0.6) is 11.8 Å². The number of methoxy groups -OCH3 is 1. The van der Waals surface area contributed by atoms with Crippen LogP contribution in [-0.2, 0) is 19.8 Å². The van der Waals surface area contributed by atoms with Crippen LogP contribution in [0.25, 0.3) is 22.8 Å². The molecule has 1 saturated carbocycles. The Labute approximate surface area is 213 Å². The van der Waals surface area contributed by atoms with Crippen LogP contribution in [0.2, 0.25) is 5.02 Å². The topological polar surface area (TPSA) is 87.8 Å². The lowest BCUT2D eigenvalue weighted by Gasteiger charge is -2.12. The van der Waals surface area contributed by atoms with Crippen molar-refractivity contribution in [1.29, 1.82) is 0 Å². The molecule has 0 amide bonds. The minimum Gasteiger partial charge on any atom is -0.480 e. The lowest BCUT2D eigenvalue weighted by Crippen LogP contribution is -2.05. The molecule has 37 heavy (non-hydrogen) atoms. The number of aryl methyl sites for hydroxylation is 1. The van der Waals surface area contributed by atoms with Crippen molar-refractivity contribution < 1.29 is 27.0 Å². The molecule has 0 atom stereocenters. The molecule has 5 rings (SSSR count). The molecule has 1 aliphatic rings. The molecule has 4 aromatic rings. The molecule has 8 nitrogen and oxygen atoms in total. The van der Waals surface area contributed by atoms with Crippen LogP contribution in [0.15, 0.2) is 36.9 Å². The van der Waals surface area contributed by atoms with E-state index in [1.807, 2.05) is 0 Å². The third kappa shape index (κ3) is 5.06. The summed E-state index contributed by atoms with van der Waals surface area (Å²) in [7, 11) is 2.83. The van der Waals surface area contributed by atoms with Gasteiger partial charge in [-0.25, -0.2) is 24.3 Å². The standard InChI is InChI=1S/C24H19ClF4N6O2/c1-35-9-16(24(27,28)29)33-22(35)18-14(25)7-12(8-15(18)26)10-37-17-5-6-30-21(34-17)19-20(13-3-4-13)31-11-32-23(19)36-2/h5-9,11,13H,3-4,10H2,1-2H3. The van der Waals surface area contributed by atoms with Gasteiger partial charge in [0.2, 0.25) is 11.8 Å². The van der Waals surface area contributed by atoms with Crippen LogP contribution >= 0.6 is 11.6 Å². The fourth-order valence-corrected chi connectivity index (χ4v) is 4.19. The van der Waals surface area contributed by atoms with Crippen molar-refractivity contribution in [3.63, 3.8) is 0 Å². The van der Waals surface area contributed by atoms with Crippen molar-refractivity contribution in [2.45, 2.75) is 31.5 Å². The SMILES string of the molecule is COc1ncnc(C2CC2)c1-c1nccc(OCc2cc(F)c(-c3nc(C(F)(F)F)cn3C)c(Cl)c2)n1. The minimum absolute atomic E-state index is 0.107. The first kappa shape index (κ1) is 24.9. The van der Waals surface area contributed by atoms with Gasteiger partial charge in [0.25, 0.3) is 0 Å². The molecule has 0 bridgehead atoms. The average molecular weight is 535 g/mol. The zero-order chi connectivity index (χ0) is 26.3. The molecule has 3 heterocycles. The number of benzene rings is 1. The van der Waals surface area contributed by atoms with Crippen LogP contribution in [0.3, 0.4) is 0 Å². The van der Waals surface area contributed by atoms with Crippen molar-refractivity contribution in [3.05, 3.63) is 64.7 Å². The summed E-state index contributed by atoms with van der Waals surface area (Å²) in [5.41, 5.74) is 0.353. The quantitative estimate of drug-likeness (QED) is 0.285. The van der Waals surface area contributed by atoms with Crippen molar-refractivity contribution in [2.75, 3.05) is 7.11 Å². The summed E-state index contributed by atoms with van der Waals surface area (Å²) in [6.45, 7) is -0.111. The second-order valence-electron chi connectivity index (χ2n) is 8.42. The van der Waals surface area contributed by atoms with E-state index in [1.54, 1.807) is 0 Å². The van der Waals surface area contributed by atoms with Gasteiger partial charge in [0.05, 0.1) is 23.4 Å². The largest absolute Gasteiger partial charge is 0.480 e. The van der Waals surface area contributed by atoms with E-state index in [9.17, 15) is 17.6 Å². The van der Waals surface area contributed by atoms with Gasteiger partial charge in [-0.1, -0.05) is 11.6 Å². The highest BCUT2D eigenvalue weighted by molar-refractivity contribution is 6.33. The molecule has 3 aromatic heterocycles. The summed E-state index contributed by atoms with van der Waals surface area (Å²) in [6, 6.07) is 4.07. The highest BCUT2D eigenvalue weighted by Gasteiger charge is 2.35. The summed E-state index contributed by atoms with van der Waals surface area (Å²) >= 11 is 6.25. The van der Waals surface area contributed by atoms with E-state index >= 15 is 0 Å². The van der Waals surface area contributed by atoms with Crippen molar-refractivity contribution >= 4 is 11.6 Å². The molecule has 0 saturated heterocycles. The lowest BCUT2D eigenvalue weighted by molar-refractivity contribution is -0.140. The fraction of sp³-hybridized carbons (Fsp3) is 0.292. The van der Waals surface area contributed by atoms with E-state index in [2.05, 4.69) is 24.9 Å². The smallest absolute Gasteiger partial charge is 0.434 e. The molecule has 1 aromatic carbocycles. The van der Waals surface area contributed by atoms with Crippen molar-refractivity contribution in [1.82, 2.24) is 29.5 Å². The number of alkyl halides is 3. The summed E-state index contributed by atoms with van der Waals surface area (Å²) < 4.78 is 66.3. The molecule has 0 N–H and O–H groups in total. The van der Waals surface area contributed by atoms with Crippen LogP contribution in [0.4, 0.5) is 17.6 Å². The summed E-state index contributed by atoms with van der Waals surface area (Å²) in [5.74, 6) is 0.0883. The predicted molar refractivity (Wildman–Crippen MR) is 125 cm³/mol. The van der Waals surface area contributed by atoms with Gasteiger partial charge in [-0.3, -0.25) is 0 Å². The molecule has 0 spiro atoms. The Bertz CT molecular complexity index is 1450. The third-order valence-corrected chi connectivity index (χ3v) is 6.03. The monoisotopic (exact) mass is 534 g/mol. The maximum Gasteiger partial charge on any atom is 0.434 e. The first-order chi connectivity index (χ1) is 17.7. The second-order valence-corrected chi connectivity index (χ2v) is 8.82. The molecular formula is C24H19ClF4N6O2. The number of imidazole rings is 1. The Morgan fingerprint density at radius 3 is 2.54 bits per heavy atom. The molecule has 0 radical (unpaired) electrons. The number of ether oxygens (including phenoxy) is 2. The summed E-state index contributed by atoms with van der Waals surface area (Å²) in [6.07, 6.45) is 1.06. The maximum atomic E-state index is 15.0. The summed E-state index contributed by atoms with van der Waals surface area (Å²) in [4.78, 5) is 20.8. The molecule has 1 fully saturated rings. The van der Waals surface area contributed by atoms with Gasteiger partial charge in [0.15, 0.2) is 11.5 Å². The minimum atomic E-state index is -4.67. The number of nitrogens with zero attached hydrogens (tertiary/aromatic N) is 6. The van der Waals surface area contributed by atoms with E-state index < -0.39 is 17.7 Å². The van der Waals surface area contributed by atoms with Gasteiger partial charge in [-0.05, 0) is 30.5 Å². The lowest BCUT2D eigenvalue weighted by atomic mass is 10.1. The Kier molecular flexibility index (Phi) is 6.44. The number of hydrogen-bond acceptors (Lipinski definition) is 7. The molecule has 0 unspecified atom stereocenters. The average Bonchev–Trinajstić information content (AvgIpc) is 3.63. The van der Waals surface area contributed by atoms with E-state index in [0.717, 1.165) is 35.4 Å². The third-order valence-electron chi connectivity index (χ3n) is 5.73. The molecule has 13 heteroatoms. The molecule has 1 aliphatic carbocycles. The Balaban J connectivity index is 1.39. The highest BCUT2D eigenvalue weighted by atomic mass is 35.5. The van der Waals surface area contributed by atoms with E-state index in [0.29, 0.717) is 22.8 Å². The van der Waals surface area contributed by atoms with Gasteiger partial charge in [-0.15, -0.1) is 0 Å². The molecular weight excluding hydrogens is 516 g/mol. The van der Waals surface area contributed by atoms with Gasteiger partial charge in [-0.2, -0.15) is 18.2 Å². The molecule has 192 valence electrons. The van der Waals surface area contributed by atoms with E-state index in [1.165, 1.54) is 38.8 Å².